The summed E-state index contributed by atoms with van der Waals surface area (Å²) in [4.78, 5) is 36.6. The number of carboxylic acid groups (broad SMARTS) is 1. The van der Waals surface area contributed by atoms with Crippen LogP contribution in [0, 0.1) is 0 Å². The predicted octanol–water partition coefficient (Wildman–Crippen LogP) is -1.22. The smallest absolute Gasteiger partial charge is 0.321 e. The Hall–Kier alpha value is -1.67. The molecule has 8 nitrogen and oxygen atoms in total. The van der Waals surface area contributed by atoms with Crippen molar-refractivity contribution in [3.8, 4) is 0 Å². The largest absolute Gasteiger partial charge is 0.480 e. The molecule has 0 rings (SSSR count). The Morgan fingerprint density at radius 3 is 2.21 bits per heavy atom. The van der Waals surface area contributed by atoms with Crippen LogP contribution in [0.2, 0.25) is 0 Å². The highest BCUT2D eigenvalue weighted by Crippen LogP contribution is 1.93. The molecule has 0 aliphatic carbocycles. The van der Waals surface area contributed by atoms with E-state index >= 15 is 0 Å². The molecule has 0 atom stereocenters. The molecule has 0 aliphatic heterocycles. The minimum Gasteiger partial charge on any atom is -0.480 e. The number of carboxylic acids is 1. The Morgan fingerprint density at radius 2 is 1.74 bits per heavy atom. The maximum absolute atomic E-state index is 11.4. The van der Waals surface area contributed by atoms with Crippen LogP contribution in [0.5, 0.6) is 0 Å². The highest BCUT2D eigenvalue weighted by molar-refractivity contribution is 5.94. The van der Waals surface area contributed by atoms with Crippen molar-refractivity contribution in [1.29, 1.82) is 0 Å². The van der Waals surface area contributed by atoms with Crippen molar-refractivity contribution in [1.82, 2.24) is 20.4 Å². The third-order valence-electron chi connectivity index (χ3n) is 2.36. The number of likely N-dealkylation sites (N-methyl/N-ethyl adjacent to an activating group) is 1. The lowest BCUT2D eigenvalue weighted by molar-refractivity contribution is -0.138. The molecule has 0 bridgehead atoms. The second-order valence-electron chi connectivity index (χ2n) is 4.35. The van der Waals surface area contributed by atoms with E-state index in [-0.39, 0.29) is 13.0 Å². The summed E-state index contributed by atoms with van der Waals surface area (Å²) < 4.78 is 0. The van der Waals surface area contributed by atoms with Crippen LogP contribution in [0.1, 0.15) is 6.42 Å². The topological polar surface area (TPSA) is 102 Å². The van der Waals surface area contributed by atoms with Gasteiger partial charge in [-0.15, -0.1) is 0 Å². The summed E-state index contributed by atoms with van der Waals surface area (Å²) in [5, 5.41) is 13.2. The van der Waals surface area contributed by atoms with Crippen LogP contribution in [0.3, 0.4) is 0 Å². The maximum Gasteiger partial charge on any atom is 0.321 e. The number of aliphatic carboxylic acids is 1. The molecule has 8 heteroatoms. The van der Waals surface area contributed by atoms with Gasteiger partial charge in [0.2, 0.25) is 5.91 Å². The molecule has 0 radical (unpaired) electrons. The first kappa shape index (κ1) is 17.3. The number of rotatable bonds is 8. The highest BCUT2D eigenvalue weighted by atomic mass is 16.4. The Balaban J connectivity index is 4.13. The first-order chi connectivity index (χ1) is 8.85. The molecule has 0 unspecified atom stereocenters. The van der Waals surface area contributed by atoms with E-state index in [1.807, 2.05) is 19.0 Å². The number of nitrogens with zero attached hydrogens (tertiary/aromatic N) is 2. The number of carbonyl (C=O) groups excluding carboxylic acids is 2. The Labute approximate surface area is 112 Å². The van der Waals surface area contributed by atoms with Crippen molar-refractivity contribution in [2.45, 2.75) is 6.42 Å². The van der Waals surface area contributed by atoms with Gasteiger partial charge in [0.1, 0.15) is 0 Å². The van der Waals surface area contributed by atoms with Crippen LogP contribution in [0.4, 0.5) is 4.79 Å². The summed E-state index contributed by atoms with van der Waals surface area (Å²) in [6, 6.07) is -0.567. The number of hydrogen-bond donors (Lipinski definition) is 3. The molecule has 0 aromatic carbocycles. The van der Waals surface area contributed by atoms with E-state index < -0.39 is 17.9 Å². The summed E-state index contributed by atoms with van der Waals surface area (Å²) >= 11 is 0. The molecule has 110 valence electrons. The molecule has 0 aromatic rings. The molecule has 0 saturated carbocycles. The van der Waals surface area contributed by atoms with Crippen LogP contribution in [0.15, 0.2) is 0 Å². The molecule has 0 saturated heterocycles. The molecule has 0 heterocycles. The van der Waals surface area contributed by atoms with Gasteiger partial charge in [-0.25, -0.2) is 4.79 Å². The second-order valence-corrected chi connectivity index (χ2v) is 4.35. The Bertz CT molecular complexity index is 320. The molecule has 3 amide bonds. The third kappa shape index (κ3) is 9.98. The van der Waals surface area contributed by atoms with E-state index in [9.17, 15) is 14.4 Å². The van der Waals surface area contributed by atoms with Gasteiger partial charge in [-0.2, -0.15) is 0 Å². The van der Waals surface area contributed by atoms with Crippen molar-refractivity contribution in [3.05, 3.63) is 0 Å². The van der Waals surface area contributed by atoms with E-state index in [1.54, 1.807) is 4.90 Å². The summed E-state index contributed by atoms with van der Waals surface area (Å²) in [7, 11) is 5.19. The number of nitrogens with one attached hydrogen (secondary N) is 2. The van der Waals surface area contributed by atoms with Crippen molar-refractivity contribution < 1.29 is 19.5 Å². The standard InChI is InChI=1S/C11H22N4O4/c1-12-11(19)13-9(16)4-5-15(8-10(17)18)7-6-14(2)3/h4-8H2,1-3H3,(H,17,18)(H2,12,13,16,19). The number of hydrogen-bond acceptors (Lipinski definition) is 5. The molecule has 19 heavy (non-hydrogen) atoms. The average molecular weight is 274 g/mol. The van der Waals surface area contributed by atoms with Crippen molar-refractivity contribution in [2.75, 3.05) is 47.3 Å². The molecule has 0 fully saturated rings. The summed E-state index contributed by atoms with van der Waals surface area (Å²) in [6.45, 7) is 1.42. The van der Waals surface area contributed by atoms with Gasteiger partial charge in [-0.05, 0) is 14.1 Å². The Morgan fingerprint density at radius 1 is 1.11 bits per heavy atom. The first-order valence-corrected chi connectivity index (χ1v) is 5.95. The normalized spacial score (nSPS) is 10.6. The fourth-order valence-corrected chi connectivity index (χ4v) is 1.31. The van der Waals surface area contributed by atoms with Crippen molar-refractivity contribution in [3.63, 3.8) is 0 Å². The maximum atomic E-state index is 11.4. The molecular formula is C11H22N4O4. The minimum absolute atomic E-state index is 0.0775. The lowest BCUT2D eigenvalue weighted by Crippen LogP contribution is -2.41. The first-order valence-electron chi connectivity index (χ1n) is 5.95. The van der Waals surface area contributed by atoms with Gasteiger partial charge in [-0.3, -0.25) is 19.8 Å². The Kier molecular flexibility index (Phi) is 8.47. The number of carbonyl (C=O) groups is 3. The van der Waals surface area contributed by atoms with E-state index in [2.05, 4.69) is 10.6 Å². The quantitative estimate of drug-likeness (QED) is 0.513. The lowest BCUT2D eigenvalue weighted by atomic mass is 10.3. The van der Waals surface area contributed by atoms with Crippen molar-refractivity contribution in [2.24, 2.45) is 0 Å². The highest BCUT2D eigenvalue weighted by Gasteiger charge is 2.13. The SMILES string of the molecule is CNC(=O)NC(=O)CCN(CCN(C)C)CC(=O)O. The van der Waals surface area contributed by atoms with E-state index in [4.69, 9.17) is 5.11 Å². The fraction of sp³-hybridized carbons (Fsp3) is 0.727. The molecule has 0 aromatic heterocycles. The van der Waals surface area contributed by atoms with E-state index in [0.29, 0.717) is 19.6 Å². The summed E-state index contributed by atoms with van der Waals surface area (Å²) in [5.74, 6) is -1.37. The second kappa shape index (κ2) is 9.29. The van der Waals surface area contributed by atoms with Crippen LogP contribution < -0.4 is 10.6 Å². The van der Waals surface area contributed by atoms with Gasteiger partial charge in [0.15, 0.2) is 0 Å². The van der Waals surface area contributed by atoms with Crippen LogP contribution >= 0.6 is 0 Å². The van der Waals surface area contributed by atoms with E-state index in [0.717, 1.165) is 0 Å². The predicted molar refractivity (Wildman–Crippen MR) is 69.8 cm³/mol. The zero-order valence-electron chi connectivity index (χ0n) is 11.6. The van der Waals surface area contributed by atoms with Crippen LogP contribution in [0.25, 0.3) is 0 Å². The third-order valence-corrected chi connectivity index (χ3v) is 2.36. The average Bonchev–Trinajstić information content (AvgIpc) is 2.31. The molecular weight excluding hydrogens is 252 g/mol. The zero-order chi connectivity index (χ0) is 14.8. The number of imide groups is 1. The summed E-state index contributed by atoms with van der Waals surface area (Å²) in [6.07, 6.45) is 0.0775. The van der Waals surface area contributed by atoms with Gasteiger partial charge in [-0.1, -0.05) is 0 Å². The minimum atomic E-state index is -0.939. The number of amides is 3. The van der Waals surface area contributed by atoms with Gasteiger partial charge in [0, 0.05) is 33.1 Å². The molecule has 3 N–H and O–H groups in total. The molecule has 0 aliphatic rings. The van der Waals surface area contributed by atoms with E-state index in [1.165, 1.54) is 7.05 Å². The molecule has 0 spiro atoms. The van der Waals surface area contributed by atoms with Crippen LogP contribution in [-0.2, 0) is 9.59 Å². The van der Waals surface area contributed by atoms with Gasteiger partial charge in [0.25, 0.3) is 0 Å². The van der Waals surface area contributed by atoms with Gasteiger partial charge >= 0.3 is 12.0 Å². The monoisotopic (exact) mass is 274 g/mol. The fourth-order valence-electron chi connectivity index (χ4n) is 1.31. The van der Waals surface area contributed by atoms with Crippen LogP contribution in [-0.4, -0.2) is 80.1 Å². The number of urea groups is 1. The van der Waals surface area contributed by atoms with Crippen molar-refractivity contribution >= 4 is 17.9 Å². The van der Waals surface area contributed by atoms with Gasteiger partial charge in [0.05, 0.1) is 6.54 Å². The lowest BCUT2D eigenvalue weighted by Gasteiger charge is -2.21. The van der Waals surface area contributed by atoms with Gasteiger partial charge < -0.3 is 15.3 Å². The zero-order valence-corrected chi connectivity index (χ0v) is 11.6. The summed E-state index contributed by atoms with van der Waals surface area (Å²) in [5.41, 5.74) is 0.